The zero-order chi connectivity index (χ0) is 14.4. The van der Waals surface area contributed by atoms with Gasteiger partial charge in [0.1, 0.15) is 10.7 Å². The average Bonchev–Trinajstić information content (AvgIpc) is 3.17. The summed E-state index contributed by atoms with van der Waals surface area (Å²) in [6.07, 6.45) is 10.4. The highest BCUT2D eigenvalue weighted by Crippen LogP contribution is 2.39. The summed E-state index contributed by atoms with van der Waals surface area (Å²) in [5.74, 6) is 1.14. The molecule has 0 bridgehead atoms. The Bertz CT molecular complexity index is 638. The summed E-state index contributed by atoms with van der Waals surface area (Å²) in [7, 11) is 0. The van der Waals surface area contributed by atoms with E-state index in [1.807, 2.05) is 11.3 Å². The fourth-order valence-corrected chi connectivity index (χ4v) is 5.44. The van der Waals surface area contributed by atoms with Gasteiger partial charge in [0, 0.05) is 29.6 Å². The molecule has 3 nitrogen and oxygen atoms in total. The number of thiazole rings is 1. The maximum Gasteiger partial charge on any atom is 0.123 e. The van der Waals surface area contributed by atoms with Crippen LogP contribution in [0.25, 0.3) is 4.83 Å². The van der Waals surface area contributed by atoms with Crippen LogP contribution in [0.4, 0.5) is 0 Å². The summed E-state index contributed by atoms with van der Waals surface area (Å²) in [5.41, 5.74) is 1.57. The quantitative estimate of drug-likeness (QED) is 0.836. The molecule has 2 fully saturated rings. The zero-order valence-corrected chi connectivity index (χ0v) is 14.0. The first-order chi connectivity index (χ1) is 10.2. The Morgan fingerprint density at radius 3 is 2.90 bits per heavy atom. The van der Waals surface area contributed by atoms with Crippen LogP contribution in [0.5, 0.6) is 0 Å². The predicted molar refractivity (Wildman–Crippen MR) is 88.2 cm³/mol. The SMILES string of the molecule is Cc1nc([C@@]2(C)CCCN(C3CCCC3)C2)c2sccn12. The predicted octanol–water partition coefficient (Wildman–Crippen LogP) is 4.00. The lowest BCUT2D eigenvalue weighted by Gasteiger charge is -2.42. The Labute approximate surface area is 131 Å². The fraction of sp³-hybridized carbons (Fsp3) is 0.706. The number of hydrogen-bond donors (Lipinski definition) is 0. The van der Waals surface area contributed by atoms with Crippen molar-refractivity contribution in [2.24, 2.45) is 0 Å². The molecule has 1 atom stereocenters. The molecule has 0 unspecified atom stereocenters. The van der Waals surface area contributed by atoms with Crippen LogP contribution in [0, 0.1) is 6.92 Å². The molecule has 4 heteroatoms. The molecule has 1 aliphatic heterocycles. The van der Waals surface area contributed by atoms with Gasteiger partial charge in [0.15, 0.2) is 0 Å². The molecule has 2 aromatic heterocycles. The standard InChI is InChI=1S/C17H25N3S/c1-13-18-15(16-20(13)10-11-21-16)17(2)8-5-9-19(12-17)14-6-3-4-7-14/h10-11,14H,3-9,12H2,1-2H3/t17-/m0/s1. The van der Waals surface area contributed by atoms with Gasteiger partial charge in [-0.15, -0.1) is 11.3 Å². The van der Waals surface area contributed by atoms with E-state index in [1.165, 1.54) is 62.1 Å². The molecule has 1 saturated carbocycles. The van der Waals surface area contributed by atoms with Crippen LogP contribution in [-0.2, 0) is 5.41 Å². The summed E-state index contributed by atoms with van der Waals surface area (Å²) in [4.78, 5) is 9.09. The van der Waals surface area contributed by atoms with Gasteiger partial charge < -0.3 is 0 Å². The molecule has 1 aliphatic carbocycles. The number of piperidine rings is 1. The van der Waals surface area contributed by atoms with Gasteiger partial charge >= 0.3 is 0 Å². The van der Waals surface area contributed by atoms with Crippen LogP contribution in [0.2, 0.25) is 0 Å². The van der Waals surface area contributed by atoms with Crippen molar-refractivity contribution in [3.63, 3.8) is 0 Å². The van der Waals surface area contributed by atoms with E-state index in [0.29, 0.717) is 0 Å². The number of rotatable bonds is 2. The van der Waals surface area contributed by atoms with Crippen molar-refractivity contribution in [3.8, 4) is 0 Å². The number of aromatic nitrogens is 2. The number of nitrogens with zero attached hydrogens (tertiary/aromatic N) is 3. The number of likely N-dealkylation sites (tertiary alicyclic amines) is 1. The highest BCUT2D eigenvalue weighted by Gasteiger charge is 2.39. The average molecular weight is 303 g/mol. The smallest absolute Gasteiger partial charge is 0.123 e. The van der Waals surface area contributed by atoms with Crippen molar-refractivity contribution < 1.29 is 0 Å². The highest BCUT2D eigenvalue weighted by atomic mass is 32.1. The van der Waals surface area contributed by atoms with Gasteiger partial charge in [-0.25, -0.2) is 4.98 Å². The van der Waals surface area contributed by atoms with E-state index in [0.717, 1.165) is 11.9 Å². The lowest BCUT2D eigenvalue weighted by atomic mass is 9.78. The van der Waals surface area contributed by atoms with Gasteiger partial charge in [-0.2, -0.15) is 0 Å². The van der Waals surface area contributed by atoms with Crippen molar-refractivity contribution in [3.05, 3.63) is 23.1 Å². The second kappa shape index (κ2) is 5.10. The Hall–Kier alpha value is -0.870. The summed E-state index contributed by atoms with van der Waals surface area (Å²) in [5, 5.41) is 2.19. The number of imidazole rings is 1. The van der Waals surface area contributed by atoms with E-state index in [1.54, 1.807) is 0 Å². The topological polar surface area (TPSA) is 20.5 Å². The maximum absolute atomic E-state index is 4.95. The monoisotopic (exact) mass is 303 g/mol. The van der Waals surface area contributed by atoms with Crippen molar-refractivity contribution in [2.45, 2.75) is 63.8 Å². The highest BCUT2D eigenvalue weighted by molar-refractivity contribution is 7.15. The zero-order valence-electron chi connectivity index (χ0n) is 13.1. The summed E-state index contributed by atoms with van der Waals surface area (Å²) >= 11 is 1.84. The van der Waals surface area contributed by atoms with E-state index in [4.69, 9.17) is 4.98 Å². The van der Waals surface area contributed by atoms with Crippen molar-refractivity contribution in [1.82, 2.24) is 14.3 Å². The molecular weight excluding hydrogens is 278 g/mol. The van der Waals surface area contributed by atoms with Crippen LogP contribution in [-0.4, -0.2) is 33.4 Å². The Balaban J connectivity index is 1.67. The minimum absolute atomic E-state index is 0.227. The number of hydrogen-bond acceptors (Lipinski definition) is 3. The van der Waals surface area contributed by atoms with Crippen molar-refractivity contribution in [1.29, 1.82) is 0 Å². The second-order valence-electron chi connectivity index (χ2n) is 7.16. The minimum atomic E-state index is 0.227. The van der Waals surface area contributed by atoms with Gasteiger partial charge in [-0.1, -0.05) is 19.8 Å². The minimum Gasteiger partial charge on any atom is -0.299 e. The maximum atomic E-state index is 4.95. The largest absolute Gasteiger partial charge is 0.299 e. The third kappa shape index (κ3) is 2.23. The van der Waals surface area contributed by atoms with E-state index in [9.17, 15) is 0 Å². The Morgan fingerprint density at radius 2 is 2.10 bits per heavy atom. The van der Waals surface area contributed by atoms with Gasteiger partial charge in [0.05, 0.1) is 5.69 Å². The van der Waals surface area contributed by atoms with Gasteiger partial charge in [-0.3, -0.25) is 9.30 Å². The molecule has 0 spiro atoms. The first-order valence-corrected chi connectivity index (χ1v) is 9.22. The fourth-order valence-electron chi connectivity index (χ4n) is 4.41. The van der Waals surface area contributed by atoms with Crippen LogP contribution in [0.3, 0.4) is 0 Å². The molecule has 2 aromatic rings. The second-order valence-corrected chi connectivity index (χ2v) is 8.05. The van der Waals surface area contributed by atoms with Crippen LogP contribution in [0.1, 0.15) is 57.0 Å². The van der Waals surface area contributed by atoms with Gasteiger partial charge in [0.2, 0.25) is 0 Å². The Morgan fingerprint density at radius 1 is 1.29 bits per heavy atom. The molecule has 3 heterocycles. The molecule has 0 amide bonds. The molecule has 114 valence electrons. The van der Waals surface area contributed by atoms with Crippen molar-refractivity contribution in [2.75, 3.05) is 13.1 Å². The third-order valence-corrected chi connectivity index (χ3v) is 6.44. The van der Waals surface area contributed by atoms with Gasteiger partial charge in [0.25, 0.3) is 0 Å². The summed E-state index contributed by atoms with van der Waals surface area (Å²) in [6.45, 7) is 7.06. The molecule has 2 aliphatic rings. The molecule has 4 rings (SSSR count). The summed E-state index contributed by atoms with van der Waals surface area (Å²) < 4.78 is 2.26. The normalized spacial score (nSPS) is 28.7. The first kappa shape index (κ1) is 13.8. The Kier molecular flexibility index (Phi) is 3.34. The molecule has 0 aromatic carbocycles. The van der Waals surface area contributed by atoms with E-state index in [2.05, 4.69) is 34.7 Å². The van der Waals surface area contributed by atoms with E-state index >= 15 is 0 Å². The number of fused-ring (bicyclic) bond motifs is 1. The molecule has 0 radical (unpaired) electrons. The molecule has 21 heavy (non-hydrogen) atoms. The molecular formula is C17H25N3S. The van der Waals surface area contributed by atoms with Crippen molar-refractivity contribution >= 4 is 16.2 Å². The summed E-state index contributed by atoms with van der Waals surface area (Å²) in [6, 6.07) is 0.840. The number of aryl methyl sites for hydroxylation is 1. The van der Waals surface area contributed by atoms with Crippen LogP contribution < -0.4 is 0 Å². The van der Waals surface area contributed by atoms with E-state index < -0.39 is 0 Å². The van der Waals surface area contributed by atoms with Crippen LogP contribution >= 0.6 is 11.3 Å². The van der Waals surface area contributed by atoms with Crippen LogP contribution in [0.15, 0.2) is 11.6 Å². The lowest BCUT2D eigenvalue weighted by molar-refractivity contribution is 0.110. The molecule has 0 N–H and O–H groups in total. The third-order valence-electron chi connectivity index (χ3n) is 5.57. The lowest BCUT2D eigenvalue weighted by Crippen LogP contribution is -2.48. The van der Waals surface area contributed by atoms with E-state index in [-0.39, 0.29) is 5.41 Å². The first-order valence-electron chi connectivity index (χ1n) is 8.34. The molecule has 1 saturated heterocycles. The van der Waals surface area contributed by atoms with Gasteiger partial charge in [-0.05, 0) is 39.2 Å².